The van der Waals surface area contributed by atoms with Crippen LogP contribution in [0.1, 0.15) is 5.56 Å². The highest BCUT2D eigenvalue weighted by Gasteiger charge is 2.08. The number of pyridine rings is 1. The van der Waals surface area contributed by atoms with Crippen LogP contribution >= 0.6 is 15.9 Å². The number of aromatic nitrogens is 1. The molecule has 0 bridgehead atoms. The number of nitrogens with zero attached hydrogens (tertiary/aromatic N) is 2. The number of methoxy groups -OCH3 is 3. The van der Waals surface area contributed by atoms with Crippen LogP contribution in [0.15, 0.2) is 47.1 Å². The van der Waals surface area contributed by atoms with Crippen molar-refractivity contribution in [2.75, 3.05) is 27.1 Å². The second-order valence-corrected chi connectivity index (χ2v) is 5.97. The van der Waals surface area contributed by atoms with Gasteiger partial charge in [-0.15, -0.1) is 0 Å². The summed E-state index contributed by atoms with van der Waals surface area (Å²) in [6.07, 6.45) is 1.49. The quantitative estimate of drug-likeness (QED) is 0.690. The van der Waals surface area contributed by atoms with Gasteiger partial charge in [-0.2, -0.15) is 5.26 Å². The van der Waals surface area contributed by atoms with Crippen LogP contribution < -0.4 is 19.9 Å². The molecule has 1 heterocycles. The van der Waals surface area contributed by atoms with E-state index in [1.807, 2.05) is 42.5 Å². The van der Waals surface area contributed by atoms with Gasteiger partial charge >= 0.3 is 0 Å². The molecule has 0 aliphatic rings. The number of anilines is 1. The maximum atomic E-state index is 8.75. The van der Waals surface area contributed by atoms with E-state index < -0.39 is 0 Å². The zero-order valence-corrected chi connectivity index (χ0v) is 16.2. The predicted molar refractivity (Wildman–Crippen MR) is 105 cm³/mol. The van der Waals surface area contributed by atoms with Crippen molar-refractivity contribution in [3.05, 3.63) is 52.6 Å². The number of hydrogen-bond acceptors (Lipinski definition) is 6. The van der Waals surface area contributed by atoms with E-state index in [1.165, 1.54) is 6.20 Å². The van der Waals surface area contributed by atoms with Crippen LogP contribution in [-0.2, 0) is 0 Å². The number of ether oxygens (including phenoxy) is 3. The van der Waals surface area contributed by atoms with E-state index >= 15 is 0 Å². The minimum Gasteiger partial charge on any atom is -0.493 e. The summed E-state index contributed by atoms with van der Waals surface area (Å²) >= 11 is 3.35. The van der Waals surface area contributed by atoms with E-state index in [1.54, 1.807) is 21.3 Å². The van der Waals surface area contributed by atoms with Gasteiger partial charge in [0, 0.05) is 16.1 Å². The van der Waals surface area contributed by atoms with Gasteiger partial charge in [-0.25, -0.2) is 0 Å². The van der Waals surface area contributed by atoms with Crippen molar-refractivity contribution in [1.82, 2.24) is 4.98 Å². The van der Waals surface area contributed by atoms with Gasteiger partial charge in [0.15, 0.2) is 11.5 Å². The Bertz CT molecular complexity index is 932. The molecule has 7 heteroatoms. The lowest BCUT2D eigenvalue weighted by Crippen LogP contribution is -1.93. The molecule has 0 amide bonds. The van der Waals surface area contributed by atoms with Crippen LogP contribution in [0.25, 0.3) is 10.9 Å². The van der Waals surface area contributed by atoms with E-state index in [2.05, 4.69) is 20.9 Å². The summed E-state index contributed by atoms with van der Waals surface area (Å²) in [5.41, 5.74) is 7.50. The van der Waals surface area contributed by atoms with Gasteiger partial charge in [-0.3, -0.25) is 4.98 Å². The summed E-state index contributed by atoms with van der Waals surface area (Å²) in [4.78, 5) is 4.14. The number of benzene rings is 2. The third kappa shape index (κ3) is 4.16. The molecule has 1 aromatic heterocycles. The Balaban J connectivity index is 0.000000190. The highest BCUT2D eigenvalue weighted by atomic mass is 79.9. The Morgan fingerprint density at radius 1 is 1.04 bits per heavy atom. The number of nitrogen functional groups attached to an aromatic ring is 1. The lowest BCUT2D eigenvalue weighted by molar-refractivity contribution is 0.324. The third-order valence-corrected chi connectivity index (χ3v) is 4.07. The van der Waals surface area contributed by atoms with Gasteiger partial charge in [-0.1, -0.05) is 22.0 Å². The Morgan fingerprint density at radius 3 is 2.23 bits per heavy atom. The molecule has 0 fully saturated rings. The van der Waals surface area contributed by atoms with Gasteiger partial charge < -0.3 is 19.9 Å². The lowest BCUT2D eigenvalue weighted by atomic mass is 10.1. The van der Waals surface area contributed by atoms with Crippen LogP contribution in [0.4, 0.5) is 5.69 Å². The molecule has 0 atom stereocenters. The number of nitriles is 1. The molecule has 26 heavy (non-hydrogen) atoms. The van der Waals surface area contributed by atoms with E-state index in [9.17, 15) is 0 Å². The maximum Gasteiger partial charge on any atom is 0.203 e. The van der Waals surface area contributed by atoms with Gasteiger partial charge in [0.05, 0.1) is 38.1 Å². The second kappa shape index (κ2) is 8.92. The summed E-state index contributed by atoms with van der Waals surface area (Å²) in [5.74, 6) is 1.98. The minimum absolute atomic E-state index is 0.417. The normalized spacial score (nSPS) is 9.65. The Hall–Kier alpha value is -2.98. The van der Waals surface area contributed by atoms with Gasteiger partial charge in [0.25, 0.3) is 0 Å². The van der Waals surface area contributed by atoms with Crippen molar-refractivity contribution in [3.8, 4) is 23.3 Å². The smallest absolute Gasteiger partial charge is 0.203 e. The first-order chi connectivity index (χ1) is 12.5. The van der Waals surface area contributed by atoms with Crippen molar-refractivity contribution in [3.63, 3.8) is 0 Å². The minimum atomic E-state index is 0.417. The fraction of sp³-hybridized carbons (Fsp3) is 0.158. The first-order valence-electron chi connectivity index (χ1n) is 7.54. The van der Waals surface area contributed by atoms with Crippen LogP contribution in [0.3, 0.4) is 0 Å². The van der Waals surface area contributed by atoms with Crippen LogP contribution in [0, 0.1) is 11.3 Å². The standard InChI is InChI=1S/C10H6BrN3.C9H12O3/c11-7-1-2-8-9(3-7)14-5-6(4-12)10(8)13;1-10-7-5-4-6-8(11-2)9(7)12-3/h1-3,5H,(H2,13,14);4-6H,1-3H3. The highest BCUT2D eigenvalue weighted by molar-refractivity contribution is 9.10. The Morgan fingerprint density at radius 2 is 1.69 bits per heavy atom. The maximum absolute atomic E-state index is 8.75. The highest BCUT2D eigenvalue weighted by Crippen LogP contribution is 2.36. The van der Waals surface area contributed by atoms with Crippen LogP contribution in [-0.4, -0.2) is 26.3 Å². The van der Waals surface area contributed by atoms with E-state index in [4.69, 9.17) is 25.2 Å². The van der Waals surface area contributed by atoms with E-state index in [0.717, 1.165) is 15.4 Å². The van der Waals surface area contributed by atoms with Crippen molar-refractivity contribution < 1.29 is 14.2 Å². The monoisotopic (exact) mass is 415 g/mol. The number of halogens is 1. The molecule has 3 aromatic rings. The molecule has 0 aliphatic carbocycles. The lowest BCUT2D eigenvalue weighted by Gasteiger charge is -2.10. The van der Waals surface area contributed by atoms with Crippen molar-refractivity contribution in [1.29, 1.82) is 5.26 Å². The molecule has 2 N–H and O–H groups in total. The number of nitrogens with two attached hydrogens (primary N) is 1. The molecule has 3 rings (SSSR count). The van der Waals surface area contributed by atoms with Gasteiger partial charge in [0.1, 0.15) is 6.07 Å². The van der Waals surface area contributed by atoms with E-state index in [-0.39, 0.29) is 0 Å². The van der Waals surface area contributed by atoms with Crippen molar-refractivity contribution in [2.24, 2.45) is 0 Å². The summed E-state index contributed by atoms with van der Waals surface area (Å²) in [6.45, 7) is 0. The van der Waals surface area contributed by atoms with Gasteiger partial charge in [-0.05, 0) is 30.3 Å². The van der Waals surface area contributed by atoms with Crippen LogP contribution in [0.2, 0.25) is 0 Å². The van der Waals surface area contributed by atoms with Crippen molar-refractivity contribution >= 4 is 32.5 Å². The zero-order valence-electron chi connectivity index (χ0n) is 14.6. The van der Waals surface area contributed by atoms with E-state index in [0.29, 0.717) is 28.5 Å². The average molecular weight is 416 g/mol. The molecule has 2 aromatic carbocycles. The fourth-order valence-electron chi connectivity index (χ4n) is 2.30. The van der Waals surface area contributed by atoms with Crippen LogP contribution in [0.5, 0.6) is 17.2 Å². The second-order valence-electron chi connectivity index (χ2n) is 5.05. The number of rotatable bonds is 3. The molecule has 0 unspecified atom stereocenters. The SMILES string of the molecule is COc1cccc(OC)c1OC.N#Cc1cnc2cc(Br)ccc2c1N. The van der Waals surface area contributed by atoms with Gasteiger partial charge in [0.2, 0.25) is 5.75 Å². The molecule has 6 nitrogen and oxygen atoms in total. The number of para-hydroxylation sites is 1. The summed E-state index contributed by atoms with van der Waals surface area (Å²) in [6, 6.07) is 13.1. The Labute approximate surface area is 160 Å². The molecular formula is C19H18BrN3O3. The molecular weight excluding hydrogens is 398 g/mol. The summed E-state index contributed by atoms with van der Waals surface area (Å²) in [7, 11) is 4.77. The molecule has 0 aliphatic heterocycles. The predicted octanol–water partition coefficient (Wildman–Crippen LogP) is 4.16. The average Bonchev–Trinajstić information content (AvgIpc) is 2.67. The Kier molecular flexibility index (Phi) is 6.64. The number of fused-ring (bicyclic) bond motifs is 1. The topological polar surface area (TPSA) is 90.4 Å². The summed E-state index contributed by atoms with van der Waals surface area (Å²) in [5, 5.41) is 9.57. The molecule has 0 spiro atoms. The molecule has 0 saturated heterocycles. The first-order valence-corrected chi connectivity index (χ1v) is 8.33. The largest absolute Gasteiger partial charge is 0.493 e. The fourth-order valence-corrected chi connectivity index (χ4v) is 2.64. The first kappa shape index (κ1) is 19.3. The summed E-state index contributed by atoms with van der Waals surface area (Å²) < 4.78 is 16.2. The third-order valence-electron chi connectivity index (χ3n) is 3.58. The van der Waals surface area contributed by atoms with Crippen molar-refractivity contribution in [2.45, 2.75) is 0 Å². The number of hydrogen-bond donors (Lipinski definition) is 1. The zero-order chi connectivity index (χ0) is 19.1. The molecule has 134 valence electrons. The molecule has 0 radical (unpaired) electrons. The molecule has 0 saturated carbocycles.